The number of aliphatic hydroxyl groups is 1. The van der Waals surface area contributed by atoms with Gasteiger partial charge in [0.15, 0.2) is 11.6 Å². The van der Waals surface area contributed by atoms with Gasteiger partial charge in [0.1, 0.15) is 36.2 Å². The van der Waals surface area contributed by atoms with Crippen molar-refractivity contribution >= 4 is 17.4 Å². The second kappa shape index (κ2) is 8.63. The van der Waals surface area contributed by atoms with Gasteiger partial charge in [-0.25, -0.2) is 14.3 Å². The number of ether oxygens (including phenoxy) is 4. The Balaban J connectivity index is 1.65. The zero-order valence-corrected chi connectivity index (χ0v) is 18.3. The van der Waals surface area contributed by atoms with Crippen LogP contribution in [0.3, 0.4) is 0 Å². The van der Waals surface area contributed by atoms with E-state index in [4.69, 9.17) is 18.9 Å². The van der Waals surface area contributed by atoms with Crippen LogP contribution in [0.2, 0.25) is 0 Å². The minimum Gasteiger partial charge on any atom is -0.449 e. The summed E-state index contributed by atoms with van der Waals surface area (Å²) in [6, 6.07) is 5.55. The van der Waals surface area contributed by atoms with Crippen LogP contribution in [0, 0.1) is 11.3 Å². The first-order valence-corrected chi connectivity index (χ1v) is 10.7. The Hall–Kier alpha value is -2.78. The van der Waals surface area contributed by atoms with Crippen LogP contribution in [0.1, 0.15) is 45.7 Å². The summed E-state index contributed by atoms with van der Waals surface area (Å²) in [4.78, 5) is 16.3. The first-order valence-electron chi connectivity index (χ1n) is 10.7. The number of aromatic nitrogens is 3. The maximum atomic E-state index is 12.2. The number of fused-ring (bicyclic) bond motifs is 2. The topological polar surface area (TPSA) is 140 Å². The van der Waals surface area contributed by atoms with Crippen molar-refractivity contribution in [2.45, 2.75) is 69.7 Å². The Morgan fingerprint density at radius 3 is 2.88 bits per heavy atom. The molecule has 2 aromatic heterocycles. The molecule has 2 aromatic rings. The van der Waals surface area contributed by atoms with Crippen molar-refractivity contribution in [3.8, 4) is 6.07 Å². The lowest BCUT2D eigenvalue weighted by Gasteiger charge is -2.28. The molecule has 0 saturated carbocycles. The number of nitriles is 1. The second-order valence-corrected chi connectivity index (χ2v) is 8.30. The van der Waals surface area contributed by atoms with Crippen LogP contribution in [0.25, 0.3) is 5.52 Å². The molecule has 1 amide bonds. The summed E-state index contributed by atoms with van der Waals surface area (Å²) in [5.74, 6) is -0.706. The van der Waals surface area contributed by atoms with Crippen LogP contribution < -0.4 is 5.32 Å². The molecule has 2 aliphatic heterocycles. The number of nitrogens with one attached hydrogen (secondary N) is 1. The standard InChI is InChI=1S/C21H27N5O6/c1-4-5-6-9-29-19(28)25-18-13-7-8-15(26(13)24-12-23-18)21(11-22)17-16(14(10-27)30-21)31-20(2,3)32-17/h7-8,12,14,16-17,27H,4-6,9-10H2,1-3H3,(H,23,24,25,28)/t14-,16-,17-,21+/m1/s1. The fraction of sp³-hybridized carbons (Fsp3) is 0.619. The first kappa shape index (κ1) is 22.4. The Labute approximate surface area is 185 Å². The number of carbonyl (C=O) groups excluding carboxylic acids is 1. The summed E-state index contributed by atoms with van der Waals surface area (Å²) < 4.78 is 24.6. The third-order valence-electron chi connectivity index (χ3n) is 5.61. The highest BCUT2D eigenvalue weighted by molar-refractivity contribution is 5.88. The monoisotopic (exact) mass is 445 g/mol. The number of hydrogen-bond donors (Lipinski definition) is 2. The molecule has 0 radical (unpaired) electrons. The highest BCUT2D eigenvalue weighted by Crippen LogP contribution is 2.49. The van der Waals surface area contributed by atoms with Crippen molar-refractivity contribution in [1.82, 2.24) is 14.6 Å². The van der Waals surface area contributed by atoms with Crippen molar-refractivity contribution < 1.29 is 28.8 Å². The second-order valence-electron chi connectivity index (χ2n) is 8.30. The lowest BCUT2D eigenvalue weighted by Crippen LogP contribution is -2.40. The molecule has 2 N–H and O–H groups in total. The molecule has 0 bridgehead atoms. The van der Waals surface area contributed by atoms with Crippen molar-refractivity contribution in [2.75, 3.05) is 18.5 Å². The van der Waals surface area contributed by atoms with Gasteiger partial charge in [-0.3, -0.25) is 5.32 Å². The van der Waals surface area contributed by atoms with E-state index in [1.54, 1.807) is 26.0 Å². The number of aliphatic hydroxyl groups excluding tert-OH is 1. The molecule has 32 heavy (non-hydrogen) atoms. The van der Waals surface area contributed by atoms with Gasteiger partial charge in [-0.2, -0.15) is 10.4 Å². The highest BCUT2D eigenvalue weighted by Gasteiger charge is 2.65. The van der Waals surface area contributed by atoms with Crippen LogP contribution in [-0.4, -0.2) is 63.1 Å². The Morgan fingerprint density at radius 2 is 2.16 bits per heavy atom. The zero-order chi connectivity index (χ0) is 22.9. The van der Waals surface area contributed by atoms with E-state index in [0.29, 0.717) is 17.8 Å². The van der Waals surface area contributed by atoms with Crippen molar-refractivity contribution in [1.29, 1.82) is 5.26 Å². The number of rotatable bonds is 7. The van der Waals surface area contributed by atoms with Crippen LogP contribution in [0.15, 0.2) is 18.5 Å². The van der Waals surface area contributed by atoms with Crippen LogP contribution in [-0.2, 0) is 24.5 Å². The molecule has 2 saturated heterocycles. The largest absolute Gasteiger partial charge is 0.449 e. The van der Waals surface area contributed by atoms with Crippen LogP contribution in [0.4, 0.5) is 10.6 Å². The first-order chi connectivity index (χ1) is 15.3. The summed E-state index contributed by atoms with van der Waals surface area (Å²) >= 11 is 0. The van der Waals surface area contributed by atoms with Gasteiger partial charge < -0.3 is 24.1 Å². The molecule has 2 aliphatic rings. The fourth-order valence-corrected chi connectivity index (χ4v) is 4.20. The summed E-state index contributed by atoms with van der Waals surface area (Å²) in [7, 11) is 0. The van der Waals surface area contributed by atoms with E-state index in [2.05, 4.69) is 28.4 Å². The van der Waals surface area contributed by atoms with Crippen molar-refractivity contribution in [3.63, 3.8) is 0 Å². The molecule has 4 heterocycles. The average Bonchev–Trinajstić information content (AvgIpc) is 3.42. The van der Waals surface area contributed by atoms with Crippen LogP contribution >= 0.6 is 0 Å². The molecule has 11 heteroatoms. The molecule has 2 fully saturated rings. The van der Waals surface area contributed by atoms with Gasteiger partial charge in [0, 0.05) is 0 Å². The maximum absolute atomic E-state index is 12.2. The smallest absolute Gasteiger partial charge is 0.412 e. The summed E-state index contributed by atoms with van der Waals surface area (Å²) in [6.45, 7) is 5.54. The molecule has 4 rings (SSSR count). The van der Waals surface area contributed by atoms with Gasteiger partial charge in [0.05, 0.1) is 18.9 Å². The molecule has 172 valence electrons. The number of anilines is 1. The normalized spacial score (nSPS) is 28.4. The molecule has 0 spiro atoms. The molecule has 0 unspecified atom stereocenters. The van der Waals surface area contributed by atoms with E-state index in [0.717, 1.165) is 19.3 Å². The van der Waals surface area contributed by atoms with Gasteiger partial charge >= 0.3 is 6.09 Å². The fourth-order valence-electron chi connectivity index (χ4n) is 4.20. The summed E-state index contributed by atoms with van der Waals surface area (Å²) in [5, 5.41) is 26.9. The highest BCUT2D eigenvalue weighted by atomic mass is 16.8. The zero-order valence-electron chi connectivity index (χ0n) is 18.3. The number of hydrogen-bond acceptors (Lipinski definition) is 9. The number of amides is 1. The predicted octanol–water partition coefficient (Wildman–Crippen LogP) is 2.10. The van der Waals surface area contributed by atoms with E-state index in [1.165, 1.54) is 10.8 Å². The predicted molar refractivity (Wildman–Crippen MR) is 111 cm³/mol. The minimum atomic E-state index is -1.58. The van der Waals surface area contributed by atoms with Gasteiger partial charge in [0.2, 0.25) is 5.60 Å². The van der Waals surface area contributed by atoms with E-state index >= 15 is 0 Å². The summed E-state index contributed by atoms with van der Waals surface area (Å²) in [5.41, 5.74) is -0.748. The summed E-state index contributed by atoms with van der Waals surface area (Å²) in [6.07, 6.45) is 1.27. The number of unbranched alkanes of at least 4 members (excludes halogenated alkanes) is 2. The molecule has 0 aliphatic carbocycles. The van der Waals surface area contributed by atoms with E-state index in [-0.39, 0.29) is 12.4 Å². The third kappa shape index (κ3) is 3.80. The number of carbonyl (C=O) groups is 1. The third-order valence-corrected chi connectivity index (χ3v) is 5.61. The Kier molecular flexibility index (Phi) is 6.05. The van der Waals surface area contributed by atoms with Crippen molar-refractivity contribution in [2.24, 2.45) is 0 Å². The molecule has 4 atom stereocenters. The minimum absolute atomic E-state index is 0.233. The molecular formula is C21H27N5O6. The average molecular weight is 445 g/mol. The quantitative estimate of drug-likeness (QED) is 0.613. The molecule has 11 nitrogen and oxygen atoms in total. The molecule has 0 aromatic carbocycles. The van der Waals surface area contributed by atoms with E-state index in [9.17, 15) is 15.2 Å². The SMILES string of the molecule is CCCCCOC(=O)Nc1ncnn2c([C@]3(C#N)O[C@H](CO)[C@H]4OC(C)(C)O[C@H]43)ccc12. The van der Waals surface area contributed by atoms with Gasteiger partial charge in [-0.05, 0) is 32.4 Å². The molecular weight excluding hydrogens is 418 g/mol. The van der Waals surface area contributed by atoms with E-state index in [1.807, 2.05) is 0 Å². The Bertz CT molecular complexity index is 1030. The lowest BCUT2D eigenvalue weighted by atomic mass is 9.92. The van der Waals surface area contributed by atoms with Gasteiger partial charge in [-0.15, -0.1) is 0 Å². The van der Waals surface area contributed by atoms with Crippen molar-refractivity contribution in [3.05, 3.63) is 24.2 Å². The Morgan fingerprint density at radius 1 is 1.34 bits per heavy atom. The van der Waals surface area contributed by atoms with Gasteiger partial charge in [-0.1, -0.05) is 19.8 Å². The van der Waals surface area contributed by atoms with Crippen LogP contribution in [0.5, 0.6) is 0 Å². The maximum Gasteiger partial charge on any atom is 0.412 e. The van der Waals surface area contributed by atoms with E-state index < -0.39 is 35.8 Å². The van der Waals surface area contributed by atoms with Gasteiger partial charge in [0.25, 0.3) is 0 Å². The lowest BCUT2D eigenvalue weighted by molar-refractivity contribution is -0.204. The number of nitrogens with zero attached hydrogens (tertiary/aromatic N) is 4.